The molecule has 0 bridgehead atoms. The molecular weight excluding hydrogens is 254 g/mol. The number of benzene rings is 1. The number of para-hydroxylation sites is 1. The molecule has 1 aliphatic heterocycles. The fourth-order valence-corrected chi connectivity index (χ4v) is 2.39. The van der Waals surface area contributed by atoms with Crippen LogP contribution in [0.1, 0.15) is 12.8 Å². The zero-order valence-electron chi connectivity index (χ0n) is 11.8. The molecule has 110 valence electrons. The van der Waals surface area contributed by atoms with Gasteiger partial charge in [-0.1, -0.05) is 18.2 Å². The molecule has 0 atom stereocenters. The van der Waals surface area contributed by atoms with Gasteiger partial charge in [-0.05, 0) is 25.0 Å². The maximum absolute atomic E-state index is 11.9. The minimum Gasteiger partial charge on any atom is -0.377 e. The highest BCUT2D eigenvalue weighted by atomic mass is 16.5. The van der Waals surface area contributed by atoms with Crippen molar-refractivity contribution in [2.24, 2.45) is 5.73 Å². The van der Waals surface area contributed by atoms with E-state index in [0.29, 0.717) is 25.8 Å². The van der Waals surface area contributed by atoms with E-state index in [1.165, 1.54) is 0 Å². The van der Waals surface area contributed by atoms with Crippen LogP contribution in [-0.2, 0) is 9.53 Å². The van der Waals surface area contributed by atoms with E-state index in [9.17, 15) is 4.79 Å². The van der Waals surface area contributed by atoms with Crippen LogP contribution < -0.4 is 11.1 Å². The molecule has 1 aromatic rings. The molecule has 1 amide bonds. The number of hydrogen-bond donors (Lipinski definition) is 2. The van der Waals surface area contributed by atoms with Crippen molar-refractivity contribution >= 4 is 11.6 Å². The van der Waals surface area contributed by atoms with Gasteiger partial charge in [0, 0.05) is 25.3 Å². The van der Waals surface area contributed by atoms with Crippen molar-refractivity contribution < 1.29 is 9.53 Å². The lowest BCUT2D eigenvalue weighted by Gasteiger charge is -2.31. The van der Waals surface area contributed by atoms with Crippen LogP contribution in [0.3, 0.4) is 0 Å². The molecule has 1 aliphatic rings. The van der Waals surface area contributed by atoms with Crippen LogP contribution in [0.2, 0.25) is 0 Å². The maximum atomic E-state index is 11.9. The van der Waals surface area contributed by atoms with Crippen LogP contribution >= 0.6 is 0 Å². The Bertz CT molecular complexity index is 403. The van der Waals surface area contributed by atoms with Crippen LogP contribution in [0, 0.1) is 0 Å². The first kappa shape index (κ1) is 15.0. The molecule has 0 aromatic heterocycles. The number of nitrogens with one attached hydrogen (secondary N) is 1. The van der Waals surface area contributed by atoms with Crippen LogP contribution in [0.5, 0.6) is 0 Å². The van der Waals surface area contributed by atoms with Gasteiger partial charge in [-0.25, -0.2) is 0 Å². The number of ether oxygens (including phenoxy) is 1. The van der Waals surface area contributed by atoms with Crippen molar-refractivity contribution in [3.63, 3.8) is 0 Å². The molecule has 0 saturated carbocycles. The van der Waals surface area contributed by atoms with Crippen LogP contribution in [0.15, 0.2) is 30.3 Å². The number of carbonyl (C=O) groups excluding carboxylic acids is 1. The molecule has 5 nitrogen and oxygen atoms in total. The zero-order valence-corrected chi connectivity index (χ0v) is 11.8. The van der Waals surface area contributed by atoms with Crippen molar-refractivity contribution in [1.82, 2.24) is 4.90 Å². The van der Waals surface area contributed by atoms with Crippen molar-refractivity contribution in [3.05, 3.63) is 30.3 Å². The van der Waals surface area contributed by atoms with Gasteiger partial charge in [-0.3, -0.25) is 9.69 Å². The summed E-state index contributed by atoms with van der Waals surface area (Å²) in [6.07, 6.45) is 2.24. The van der Waals surface area contributed by atoms with Gasteiger partial charge < -0.3 is 15.8 Å². The number of anilines is 1. The normalized spacial score (nSPS) is 17.1. The standard InChI is InChI=1S/C15H23N3O2/c16-8-11-20-14-6-9-18(10-7-14)12-15(19)17-13-4-2-1-3-5-13/h1-5,14H,6-12,16H2,(H,17,19). The van der Waals surface area contributed by atoms with Crippen LogP contribution in [0.25, 0.3) is 0 Å². The molecule has 1 fully saturated rings. The minimum atomic E-state index is 0.0394. The fraction of sp³-hybridized carbons (Fsp3) is 0.533. The van der Waals surface area contributed by atoms with E-state index in [4.69, 9.17) is 10.5 Å². The van der Waals surface area contributed by atoms with Gasteiger partial charge in [-0.2, -0.15) is 0 Å². The second-order valence-electron chi connectivity index (χ2n) is 5.05. The Morgan fingerprint density at radius 1 is 1.30 bits per heavy atom. The van der Waals surface area contributed by atoms with E-state index in [0.717, 1.165) is 31.6 Å². The number of piperidine rings is 1. The molecule has 0 radical (unpaired) electrons. The third-order valence-electron chi connectivity index (χ3n) is 3.43. The maximum Gasteiger partial charge on any atom is 0.238 e. The summed E-state index contributed by atoms with van der Waals surface area (Å²) in [5, 5.41) is 2.91. The molecule has 0 spiro atoms. The smallest absolute Gasteiger partial charge is 0.238 e. The first-order chi connectivity index (χ1) is 9.78. The van der Waals surface area contributed by atoms with Gasteiger partial charge in [0.2, 0.25) is 5.91 Å². The predicted octanol–water partition coefficient (Wildman–Crippen LogP) is 1.06. The lowest BCUT2D eigenvalue weighted by Crippen LogP contribution is -2.41. The largest absolute Gasteiger partial charge is 0.377 e. The molecule has 1 heterocycles. The summed E-state index contributed by atoms with van der Waals surface area (Å²) in [4.78, 5) is 14.1. The third kappa shape index (κ3) is 4.92. The van der Waals surface area contributed by atoms with Gasteiger partial charge in [0.15, 0.2) is 0 Å². The van der Waals surface area contributed by atoms with Gasteiger partial charge in [-0.15, -0.1) is 0 Å². The molecule has 0 aliphatic carbocycles. The summed E-state index contributed by atoms with van der Waals surface area (Å²) in [5.74, 6) is 0.0394. The van der Waals surface area contributed by atoms with Crippen molar-refractivity contribution in [1.29, 1.82) is 0 Å². The van der Waals surface area contributed by atoms with Gasteiger partial charge in [0.05, 0.1) is 19.3 Å². The Kier molecular flexibility index (Phi) is 5.98. The Hall–Kier alpha value is -1.43. The van der Waals surface area contributed by atoms with Crippen LogP contribution in [-0.4, -0.2) is 49.7 Å². The van der Waals surface area contributed by atoms with Crippen molar-refractivity contribution in [2.75, 3.05) is 38.1 Å². The van der Waals surface area contributed by atoms with E-state index < -0.39 is 0 Å². The molecule has 0 unspecified atom stereocenters. The predicted molar refractivity (Wildman–Crippen MR) is 79.5 cm³/mol. The van der Waals surface area contributed by atoms with Crippen molar-refractivity contribution in [2.45, 2.75) is 18.9 Å². The lowest BCUT2D eigenvalue weighted by molar-refractivity contribution is -0.118. The number of rotatable bonds is 6. The van der Waals surface area contributed by atoms with E-state index >= 15 is 0 Å². The van der Waals surface area contributed by atoms with Gasteiger partial charge in [0.1, 0.15) is 0 Å². The molecule has 20 heavy (non-hydrogen) atoms. The minimum absolute atomic E-state index is 0.0394. The monoisotopic (exact) mass is 277 g/mol. The van der Waals surface area contributed by atoms with E-state index in [-0.39, 0.29) is 5.91 Å². The fourth-order valence-electron chi connectivity index (χ4n) is 2.39. The molecule has 1 saturated heterocycles. The number of nitrogens with zero attached hydrogens (tertiary/aromatic N) is 1. The lowest BCUT2D eigenvalue weighted by atomic mass is 10.1. The summed E-state index contributed by atoms with van der Waals surface area (Å²) in [6.45, 7) is 3.44. The Morgan fingerprint density at radius 2 is 2.00 bits per heavy atom. The highest BCUT2D eigenvalue weighted by molar-refractivity contribution is 5.92. The van der Waals surface area contributed by atoms with E-state index in [1.807, 2.05) is 30.3 Å². The topological polar surface area (TPSA) is 67.6 Å². The first-order valence-electron chi connectivity index (χ1n) is 7.17. The van der Waals surface area contributed by atoms with Gasteiger partial charge in [0.25, 0.3) is 0 Å². The average molecular weight is 277 g/mol. The zero-order chi connectivity index (χ0) is 14.2. The second-order valence-corrected chi connectivity index (χ2v) is 5.05. The molecular formula is C15H23N3O2. The molecule has 2 rings (SSSR count). The van der Waals surface area contributed by atoms with Crippen LogP contribution in [0.4, 0.5) is 5.69 Å². The molecule has 1 aromatic carbocycles. The summed E-state index contributed by atoms with van der Waals surface area (Å²) in [6, 6.07) is 9.54. The number of nitrogens with two attached hydrogens (primary N) is 1. The summed E-state index contributed by atoms with van der Waals surface area (Å²) < 4.78 is 5.63. The number of hydrogen-bond acceptors (Lipinski definition) is 4. The van der Waals surface area contributed by atoms with E-state index in [2.05, 4.69) is 10.2 Å². The highest BCUT2D eigenvalue weighted by Gasteiger charge is 2.20. The summed E-state index contributed by atoms with van der Waals surface area (Å²) in [5.41, 5.74) is 6.27. The third-order valence-corrected chi connectivity index (χ3v) is 3.43. The number of amides is 1. The highest BCUT2D eigenvalue weighted by Crippen LogP contribution is 2.13. The average Bonchev–Trinajstić information content (AvgIpc) is 2.47. The van der Waals surface area contributed by atoms with E-state index in [1.54, 1.807) is 0 Å². The SMILES string of the molecule is NCCOC1CCN(CC(=O)Nc2ccccc2)CC1. The Balaban J connectivity index is 1.68. The molecule has 5 heteroatoms. The number of likely N-dealkylation sites (tertiary alicyclic amines) is 1. The Labute approximate surface area is 120 Å². The molecule has 3 N–H and O–H groups in total. The summed E-state index contributed by atoms with van der Waals surface area (Å²) in [7, 11) is 0. The Morgan fingerprint density at radius 3 is 2.65 bits per heavy atom. The van der Waals surface area contributed by atoms with Crippen molar-refractivity contribution in [3.8, 4) is 0 Å². The first-order valence-corrected chi connectivity index (χ1v) is 7.17. The summed E-state index contributed by atoms with van der Waals surface area (Å²) >= 11 is 0. The van der Waals surface area contributed by atoms with Gasteiger partial charge >= 0.3 is 0 Å². The second kappa shape index (κ2) is 7.99. The quantitative estimate of drug-likeness (QED) is 0.816. The number of carbonyl (C=O) groups is 1.